The first-order valence-electron chi connectivity index (χ1n) is 9.66. The van der Waals surface area contributed by atoms with Gasteiger partial charge in [0.15, 0.2) is 0 Å². The minimum Gasteiger partial charge on any atom is -0.483 e. The molecule has 1 fully saturated rings. The third-order valence-corrected chi connectivity index (χ3v) is 3.59. The number of benzene rings is 2. The number of carbonyl (C=O) groups is 1. The van der Waals surface area contributed by atoms with E-state index in [0.29, 0.717) is 0 Å². The van der Waals surface area contributed by atoms with Crippen molar-refractivity contribution >= 4 is 5.97 Å². The number of hydrogen-bond acceptors (Lipinski definition) is 3. The Morgan fingerprint density at radius 1 is 0.967 bits per heavy atom. The van der Waals surface area contributed by atoms with E-state index in [-0.39, 0.29) is 45.5 Å². The largest absolute Gasteiger partial charge is 0.483 e. The van der Waals surface area contributed by atoms with Crippen molar-refractivity contribution in [2.24, 2.45) is 5.92 Å². The molecule has 30 heavy (non-hydrogen) atoms. The molecule has 1 heterocycles. The Morgan fingerprint density at radius 3 is 1.83 bits per heavy atom. The number of aliphatic carboxylic acids is 1. The molecule has 1 atom stereocenters. The van der Waals surface area contributed by atoms with Gasteiger partial charge in [-0.15, -0.1) is 0 Å². The van der Waals surface area contributed by atoms with Crippen molar-refractivity contribution < 1.29 is 49.5 Å². The second kappa shape index (κ2) is 18.1. The van der Waals surface area contributed by atoms with E-state index >= 15 is 0 Å². The standard InChI is InChI=1S/C16H11N2.C4H5O2.2C2H6.V.W/c1-3-7-13(8-4-1)15-11-17-12-18-16(15)14-9-5-2-6-10-14;5-4(6)3-1-2-3;2*1-2;;/h1-11H;1,3H,2H2,(H,5,6);2*1-2H3;;/q2*-1;;;;. The zero-order valence-electron chi connectivity index (χ0n) is 17.8. The van der Waals surface area contributed by atoms with Crippen molar-refractivity contribution in [3.05, 3.63) is 79.6 Å². The van der Waals surface area contributed by atoms with E-state index in [2.05, 4.69) is 28.4 Å². The van der Waals surface area contributed by atoms with Gasteiger partial charge in [0.25, 0.3) is 5.97 Å². The van der Waals surface area contributed by atoms with Crippen LogP contribution in [0.3, 0.4) is 0 Å². The smallest absolute Gasteiger partial charge is 0.273 e. The Labute approximate surface area is 206 Å². The molecule has 4 rings (SSSR count). The maximum absolute atomic E-state index is 9.73. The van der Waals surface area contributed by atoms with Gasteiger partial charge >= 0.3 is 0 Å². The summed E-state index contributed by atoms with van der Waals surface area (Å²) in [4.78, 5) is 18.0. The van der Waals surface area contributed by atoms with Crippen LogP contribution in [0.4, 0.5) is 0 Å². The molecule has 1 aromatic heterocycles. The van der Waals surface area contributed by atoms with Crippen molar-refractivity contribution in [2.75, 3.05) is 0 Å². The zero-order valence-corrected chi connectivity index (χ0v) is 22.1. The molecule has 0 spiro atoms. The fraction of sp³-hybridized carbons (Fsp3) is 0.250. The van der Waals surface area contributed by atoms with Crippen molar-refractivity contribution in [2.45, 2.75) is 34.1 Å². The minimum atomic E-state index is -0.685. The molecule has 2 aromatic carbocycles. The molecule has 1 unspecified atom stereocenters. The van der Waals surface area contributed by atoms with Crippen LogP contribution >= 0.6 is 0 Å². The molecule has 1 aliphatic carbocycles. The second-order valence-electron chi connectivity index (χ2n) is 5.38. The van der Waals surface area contributed by atoms with Gasteiger partial charge < -0.3 is 21.5 Å². The van der Waals surface area contributed by atoms with Crippen LogP contribution in [0.15, 0.2) is 66.9 Å². The van der Waals surface area contributed by atoms with E-state index in [0.717, 1.165) is 28.8 Å². The summed E-state index contributed by atoms with van der Waals surface area (Å²) >= 11 is 0. The molecule has 0 saturated heterocycles. The maximum Gasteiger partial charge on any atom is 0.273 e. The Balaban J connectivity index is 0. The maximum atomic E-state index is 9.73. The molecule has 1 saturated carbocycles. The van der Waals surface area contributed by atoms with Crippen LogP contribution in [0.5, 0.6) is 0 Å². The molecule has 4 nitrogen and oxygen atoms in total. The number of nitrogens with zero attached hydrogens (tertiary/aromatic N) is 2. The minimum absolute atomic E-state index is 0. The summed E-state index contributed by atoms with van der Waals surface area (Å²) in [5.74, 6) is -0.792. The molecular weight excluding hydrogens is 583 g/mol. The van der Waals surface area contributed by atoms with Crippen LogP contribution in [0, 0.1) is 18.7 Å². The van der Waals surface area contributed by atoms with Crippen molar-refractivity contribution in [1.82, 2.24) is 9.97 Å². The van der Waals surface area contributed by atoms with Gasteiger partial charge in [0.1, 0.15) is 0 Å². The Hall–Kier alpha value is -1.74. The fourth-order valence-electron chi connectivity index (χ4n) is 2.21. The number of carboxylic acid groups (broad SMARTS) is 1. The summed E-state index contributed by atoms with van der Waals surface area (Å²) in [6.07, 6.45) is 7.02. The second-order valence-corrected chi connectivity index (χ2v) is 5.38. The summed E-state index contributed by atoms with van der Waals surface area (Å²) in [5, 5.41) is 8.02. The molecule has 1 aliphatic rings. The third kappa shape index (κ3) is 10.3. The SMILES string of the molecule is CC.CC.O=C(O)C1[CH-]C1.[V].[W].[c-]1ncc(-c2ccccc2)c(-c2ccccc2)n1. The fourth-order valence-corrected chi connectivity index (χ4v) is 2.21. The number of aromatic nitrogens is 2. The van der Waals surface area contributed by atoms with Crippen LogP contribution in [-0.4, -0.2) is 21.0 Å². The summed E-state index contributed by atoms with van der Waals surface area (Å²) in [7, 11) is 0. The predicted molar refractivity (Wildman–Crippen MR) is 114 cm³/mol. The van der Waals surface area contributed by atoms with Crippen LogP contribution < -0.4 is 0 Å². The van der Waals surface area contributed by atoms with Crippen LogP contribution in [-0.2, 0) is 44.4 Å². The molecule has 6 heteroatoms. The third-order valence-electron chi connectivity index (χ3n) is 3.59. The number of rotatable bonds is 3. The predicted octanol–water partition coefficient (Wildman–Crippen LogP) is 5.95. The average Bonchev–Trinajstić information content (AvgIpc) is 3.64. The molecule has 3 aromatic rings. The van der Waals surface area contributed by atoms with Crippen molar-refractivity contribution in [1.29, 1.82) is 0 Å². The first-order chi connectivity index (χ1) is 13.8. The molecule has 1 N–H and O–H groups in total. The van der Waals surface area contributed by atoms with E-state index in [1.54, 1.807) is 6.42 Å². The van der Waals surface area contributed by atoms with E-state index in [1.165, 1.54) is 0 Å². The normalized spacial score (nSPS) is 12.5. The Kier molecular flexibility index (Phi) is 18.3. The van der Waals surface area contributed by atoms with E-state index in [4.69, 9.17) is 5.11 Å². The van der Waals surface area contributed by atoms with Gasteiger partial charge in [-0.1, -0.05) is 112 Å². The zero-order chi connectivity index (χ0) is 20.8. The summed E-state index contributed by atoms with van der Waals surface area (Å²) < 4.78 is 0. The van der Waals surface area contributed by atoms with Gasteiger partial charge in [0, 0.05) is 45.9 Å². The summed E-state index contributed by atoms with van der Waals surface area (Å²) in [5.41, 5.74) is 4.14. The van der Waals surface area contributed by atoms with Gasteiger partial charge in [0.2, 0.25) is 0 Å². The van der Waals surface area contributed by atoms with Gasteiger partial charge in [-0.05, 0) is 11.3 Å². The quantitative estimate of drug-likeness (QED) is 0.372. The van der Waals surface area contributed by atoms with Crippen LogP contribution in [0.25, 0.3) is 22.4 Å². The van der Waals surface area contributed by atoms with E-state index < -0.39 is 5.97 Å². The van der Waals surface area contributed by atoms with Crippen LogP contribution in [0.2, 0.25) is 0 Å². The monoisotopic (exact) mass is 611 g/mol. The molecular formula is C24H28N2O2VW-2. The van der Waals surface area contributed by atoms with Gasteiger partial charge in [-0.3, -0.25) is 4.79 Å². The van der Waals surface area contributed by atoms with Crippen molar-refractivity contribution in [3.8, 4) is 22.4 Å². The average molecular weight is 611 g/mol. The van der Waals surface area contributed by atoms with Gasteiger partial charge in [-0.2, -0.15) is 6.42 Å². The van der Waals surface area contributed by atoms with Gasteiger partial charge in [0.05, 0.1) is 0 Å². The van der Waals surface area contributed by atoms with Crippen molar-refractivity contribution in [3.63, 3.8) is 0 Å². The number of carboxylic acids is 1. The number of hydrogen-bond donors (Lipinski definition) is 1. The van der Waals surface area contributed by atoms with Gasteiger partial charge in [-0.25, -0.2) is 0 Å². The summed E-state index contributed by atoms with van der Waals surface area (Å²) in [6.45, 7) is 8.00. The molecule has 0 bridgehead atoms. The van der Waals surface area contributed by atoms with E-state index in [1.807, 2.05) is 82.4 Å². The molecule has 159 valence electrons. The molecule has 0 amide bonds. The Morgan fingerprint density at radius 2 is 1.43 bits per heavy atom. The van der Waals surface area contributed by atoms with Crippen LogP contribution in [0.1, 0.15) is 34.1 Å². The summed E-state index contributed by atoms with van der Waals surface area (Å²) in [6, 6.07) is 20.2. The first kappa shape index (κ1) is 30.5. The van der Waals surface area contributed by atoms with E-state index in [9.17, 15) is 4.79 Å². The topological polar surface area (TPSA) is 63.1 Å². The molecule has 1 radical (unpaired) electrons. The molecule has 0 aliphatic heterocycles. The Bertz CT molecular complexity index is 755. The first-order valence-corrected chi connectivity index (χ1v) is 9.66.